The minimum atomic E-state index is -0.876. The topological polar surface area (TPSA) is 109 Å². The van der Waals surface area contributed by atoms with Gasteiger partial charge in [-0.2, -0.15) is 5.48 Å². The highest BCUT2D eigenvalue weighted by molar-refractivity contribution is 8.02. The number of thiazole rings is 1. The van der Waals surface area contributed by atoms with Crippen LogP contribution in [0.4, 0.5) is 0 Å². The third-order valence-corrected chi connectivity index (χ3v) is 7.82. The van der Waals surface area contributed by atoms with Crippen LogP contribution >= 0.6 is 35.3 Å². The molecule has 0 unspecified atom stereocenters. The van der Waals surface area contributed by atoms with Gasteiger partial charge in [-0.05, 0) is 5.56 Å². The van der Waals surface area contributed by atoms with E-state index in [9.17, 15) is 19.2 Å². The van der Waals surface area contributed by atoms with Gasteiger partial charge in [-0.15, -0.1) is 23.1 Å². The van der Waals surface area contributed by atoms with Crippen LogP contribution in [0.2, 0.25) is 0 Å². The summed E-state index contributed by atoms with van der Waals surface area (Å²) in [5, 5.41) is 1.80. The molecule has 1 fully saturated rings. The second-order valence-electron chi connectivity index (χ2n) is 7.72. The lowest BCUT2D eigenvalue weighted by molar-refractivity contribution is -0.156. The van der Waals surface area contributed by atoms with Gasteiger partial charge in [0.05, 0.1) is 18.5 Å². The highest BCUT2D eigenvalue weighted by Gasteiger charge is 2.51. The molecule has 3 heterocycles. The highest BCUT2D eigenvalue weighted by atomic mass is 32.2. The fourth-order valence-corrected chi connectivity index (χ4v) is 5.88. The number of β-lactam (4-membered cyclic amide) rings is 1. The summed E-state index contributed by atoms with van der Waals surface area (Å²) in [6, 6.07) is 9.01. The number of fused-ring (bicyclic) bond motifs is 1. The second-order valence-corrected chi connectivity index (χ2v) is 10.1. The van der Waals surface area contributed by atoms with Crippen molar-refractivity contribution in [2.45, 2.75) is 18.2 Å². The summed E-state index contributed by atoms with van der Waals surface area (Å²) in [6.07, 6.45) is 0.148. The molecule has 3 amide bonds. The number of hydroxylamine groups is 1. The van der Waals surface area contributed by atoms with Crippen LogP contribution in [-0.4, -0.2) is 68.6 Å². The molecule has 1 atom stereocenters. The molecule has 2 aliphatic rings. The number of nitrogens with one attached hydrogen (secondary N) is 1. The number of hydrogen-bond acceptors (Lipinski definition) is 9. The van der Waals surface area contributed by atoms with E-state index < -0.39 is 23.2 Å². The van der Waals surface area contributed by atoms with Crippen molar-refractivity contribution in [3.05, 3.63) is 57.7 Å². The second kappa shape index (κ2) is 10.0. The Kier molecular flexibility index (Phi) is 7.10. The Morgan fingerprint density at radius 1 is 1.24 bits per heavy atom. The Balaban J connectivity index is 1.55. The minimum Gasteiger partial charge on any atom is -0.348 e. The number of hydrogen-bond donors (Lipinski definition) is 1. The van der Waals surface area contributed by atoms with Gasteiger partial charge in [0.1, 0.15) is 20.9 Å². The zero-order chi connectivity index (χ0) is 24.4. The number of thioether (sulfide) groups is 1. The van der Waals surface area contributed by atoms with E-state index in [0.717, 1.165) is 5.56 Å². The van der Waals surface area contributed by atoms with Crippen molar-refractivity contribution < 1.29 is 24.0 Å². The van der Waals surface area contributed by atoms with Crippen LogP contribution in [0.1, 0.15) is 16.3 Å². The summed E-state index contributed by atoms with van der Waals surface area (Å²) in [6.45, 7) is 0. The number of likely N-dealkylation sites (N-methyl/N-ethyl adjacent to an activating group) is 1. The van der Waals surface area contributed by atoms with E-state index in [4.69, 9.17) is 17.1 Å². The predicted octanol–water partition coefficient (Wildman–Crippen LogP) is 1.59. The first-order chi connectivity index (χ1) is 16.3. The van der Waals surface area contributed by atoms with Crippen molar-refractivity contribution in [1.82, 2.24) is 20.3 Å². The number of benzene rings is 1. The molecular weight excluding hydrogens is 496 g/mol. The van der Waals surface area contributed by atoms with Crippen LogP contribution in [0.25, 0.3) is 5.57 Å². The van der Waals surface area contributed by atoms with Gasteiger partial charge in [-0.3, -0.25) is 19.3 Å². The van der Waals surface area contributed by atoms with E-state index in [1.807, 2.05) is 6.07 Å². The van der Waals surface area contributed by atoms with Crippen LogP contribution in [0.15, 0.2) is 41.4 Å². The molecule has 9 nitrogen and oxygen atoms in total. The van der Waals surface area contributed by atoms with E-state index in [2.05, 4.69) is 10.5 Å². The average molecular weight is 517 g/mol. The fourth-order valence-electron chi connectivity index (χ4n) is 3.32. The highest BCUT2D eigenvalue weighted by Crippen LogP contribution is 2.42. The van der Waals surface area contributed by atoms with Gasteiger partial charge >= 0.3 is 5.97 Å². The zero-order valence-corrected chi connectivity index (χ0v) is 20.7. The molecule has 34 heavy (non-hydrogen) atoms. The number of thiocarbonyl (C=S) groups is 1. The van der Waals surface area contributed by atoms with Gasteiger partial charge in [-0.1, -0.05) is 42.5 Å². The summed E-state index contributed by atoms with van der Waals surface area (Å²) in [5.41, 5.74) is 3.98. The molecule has 12 heteroatoms. The molecule has 1 aromatic carbocycles. The summed E-state index contributed by atoms with van der Waals surface area (Å²) in [7, 11) is 3.32. The van der Waals surface area contributed by atoms with Crippen LogP contribution in [0, 0.1) is 0 Å². The van der Waals surface area contributed by atoms with Crippen LogP contribution in [0.5, 0.6) is 0 Å². The SMILES string of the molecule is CN(C)C(=O)Cc1csc(C2=C(C(=O)ONC(=O)Cc3ccccc3)N3C(=O)C(=S)[C@@H]3SC2)n1. The fraction of sp³-hybridized carbons (Fsp3) is 0.273. The van der Waals surface area contributed by atoms with Crippen molar-refractivity contribution in [2.75, 3.05) is 19.8 Å². The first-order valence-electron chi connectivity index (χ1n) is 10.2. The Labute approximate surface area is 209 Å². The van der Waals surface area contributed by atoms with E-state index in [-0.39, 0.29) is 29.3 Å². The maximum absolute atomic E-state index is 13.0. The monoisotopic (exact) mass is 516 g/mol. The smallest absolute Gasteiger partial charge is 0.348 e. The summed E-state index contributed by atoms with van der Waals surface area (Å²) >= 11 is 7.82. The zero-order valence-electron chi connectivity index (χ0n) is 18.3. The molecule has 0 spiro atoms. The number of nitrogens with zero attached hydrogens (tertiary/aromatic N) is 3. The first kappa shape index (κ1) is 24.0. The summed E-state index contributed by atoms with van der Waals surface area (Å²) in [5.74, 6) is -1.57. The van der Waals surface area contributed by atoms with Crippen molar-refractivity contribution in [3.8, 4) is 0 Å². The lowest BCUT2D eigenvalue weighted by Gasteiger charge is -2.44. The van der Waals surface area contributed by atoms with Gasteiger partial charge in [0.2, 0.25) is 5.91 Å². The third kappa shape index (κ3) is 4.88. The Morgan fingerprint density at radius 2 is 1.97 bits per heavy atom. The number of rotatable bonds is 6. The lowest BCUT2D eigenvalue weighted by Crippen LogP contribution is -2.61. The largest absolute Gasteiger partial charge is 0.379 e. The van der Waals surface area contributed by atoms with E-state index in [1.165, 1.54) is 32.9 Å². The minimum absolute atomic E-state index is 0.00203. The average Bonchev–Trinajstić information content (AvgIpc) is 3.29. The maximum atomic E-state index is 13.0. The summed E-state index contributed by atoms with van der Waals surface area (Å²) < 4.78 is 0. The van der Waals surface area contributed by atoms with Gasteiger partial charge < -0.3 is 9.74 Å². The van der Waals surface area contributed by atoms with Gasteiger partial charge in [-0.25, -0.2) is 9.78 Å². The molecule has 1 aromatic heterocycles. The molecule has 0 saturated carbocycles. The van der Waals surface area contributed by atoms with E-state index in [1.54, 1.807) is 43.7 Å². The van der Waals surface area contributed by atoms with Gasteiger partial charge in [0, 0.05) is 30.8 Å². The molecule has 0 bridgehead atoms. The number of amides is 3. The first-order valence-corrected chi connectivity index (χ1v) is 12.5. The van der Waals surface area contributed by atoms with E-state index >= 15 is 0 Å². The normalized spacial score (nSPS) is 17.1. The number of aromatic nitrogens is 1. The maximum Gasteiger partial charge on any atom is 0.379 e. The molecule has 1 N–H and O–H groups in total. The van der Waals surface area contributed by atoms with Gasteiger partial charge in [0.25, 0.3) is 11.8 Å². The molecule has 4 rings (SSSR count). The Hall–Kier alpha value is -3.09. The number of carbonyl (C=O) groups excluding carboxylic acids is 4. The Morgan fingerprint density at radius 3 is 2.68 bits per heavy atom. The molecule has 2 aromatic rings. The standard InChI is InChI=1S/C22H20N4O5S3/c1-25(2)16(28)9-13-10-33-19(23-13)14-11-34-21-18(32)20(29)26(21)17(14)22(30)31-24-15(27)8-12-6-4-3-5-7-12/h3-7,10,21H,8-9,11H2,1-2H3,(H,24,27)/t21-/m0/s1. The Bertz CT molecular complexity index is 1210. The predicted molar refractivity (Wildman–Crippen MR) is 132 cm³/mol. The van der Waals surface area contributed by atoms with Crippen molar-refractivity contribution in [1.29, 1.82) is 0 Å². The number of carbonyl (C=O) groups is 4. The lowest BCUT2D eigenvalue weighted by atomic mass is 10.1. The third-order valence-electron chi connectivity index (χ3n) is 5.10. The van der Waals surface area contributed by atoms with Crippen LogP contribution in [-0.2, 0) is 36.9 Å². The van der Waals surface area contributed by atoms with Crippen molar-refractivity contribution >= 4 is 69.4 Å². The molecule has 0 aliphatic carbocycles. The molecule has 1 saturated heterocycles. The molecular formula is C22H20N4O5S3. The van der Waals surface area contributed by atoms with Crippen molar-refractivity contribution in [2.24, 2.45) is 0 Å². The van der Waals surface area contributed by atoms with Crippen molar-refractivity contribution in [3.63, 3.8) is 0 Å². The summed E-state index contributed by atoms with van der Waals surface area (Å²) in [4.78, 5) is 62.3. The van der Waals surface area contributed by atoms with Gasteiger partial charge in [0.15, 0.2) is 0 Å². The molecule has 2 aliphatic heterocycles. The van der Waals surface area contributed by atoms with Crippen LogP contribution in [0.3, 0.4) is 0 Å². The van der Waals surface area contributed by atoms with Crippen LogP contribution < -0.4 is 5.48 Å². The van der Waals surface area contributed by atoms with E-state index in [0.29, 0.717) is 22.0 Å². The molecule has 176 valence electrons. The quantitative estimate of drug-likeness (QED) is 0.350. The molecule has 0 radical (unpaired) electrons.